The molecule has 1 spiro atoms. The maximum Gasteiger partial charge on any atom is 0.194 e. The second-order valence-corrected chi connectivity index (χ2v) is 7.43. The largest absolute Gasteiger partial charge is 0.388 e. The molecule has 0 bridgehead atoms. The van der Waals surface area contributed by atoms with Gasteiger partial charge in [-0.05, 0) is 51.9 Å². The van der Waals surface area contributed by atoms with Gasteiger partial charge in [0.1, 0.15) is 0 Å². The van der Waals surface area contributed by atoms with Crippen LogP contribution in [0.4, 0.5) is 0 Å². The van der Waals surface area contributed by atoms with E-state index in [1.54, 1.807) is 0 Å². The predicted molar refractivity (Wildman–Crippen MR) is 103 cm³/mol. The molecule has 0 aromatic heterocycles. The zero-order valence-corrected chi connectivity index (χ0v) is 16.7. The molecule has 3 aliphatic rings. The topological polar surface area (TPSA) is 57.1 Å². The molecule has 23 heavy (non-hydrogen) atoms. The molecule has 2 N–H and O–H groups in total. The smallest absolute Gasteiger partial charge is 0.194 e. The number of ether oxygens (including phenoxy) is 1. The Balaban J connectivity index is 0.00000192. The maximum atomic E-state index is 10.3. The quantitative estimate of drug-likeness (QED) is 0.405. The zero-order valence-electron chi connectivity index (χ0n) is 14.4. The molecule has 6 heteroatoms. The predicted octanol–water partition coefficient (Wildman–Crippen LogP) is 2.38. The van der Waals surface area contributed by atoms with E-state index in [2.05, 4.69) is 17.1 Å². The highest BCUT2D eigenvalue weighted by Gasteiger charge is 2.39. The van der Waals surface area contributed by atoms with E-state index in [1.807, 2.05) is 0 Å². The summed E-state index contributed by atoms with van der Waals surface area (Å²) in [5.74, 6) is 0.979. The second kappa shape index (κ2) is 8.34. The number of hydrogen-bond acceptors (Lipinski definition) is 3. The summed E-state index contributed by atoms with van der Waals surface area (Å²) in [7, 11) is 0. The van der Waals surface area contributed by atoms with Gasteiger partial charge in [0.2, 0.25) is 0 Å². The number of guanidine groups is 1. The van der Waals surface area contributed by atoms with Crippen molar-refractivity contribution in [3.8, 4) is 0 Å². The summed E-state index contributed by atoms with van der Waals surface area (Å²) >= 11 is 0. The lowest BCUT2D eigenvalue weighted by Gasteiger charge is -2.46. The van der Waals surface area contributed by atoms with Gasteiger partial charge >= 0.3 is 0 Å². The molecule has 5 nitrogen and oxygen atoms in total. The monoisotopic (exact) mass is 437 g/mol. The Kier molecular flexibility index (Phi) is 6.98. The zero-order chi connectivity index (χ0) is 15.5. The molecule has 1 saturated carbocycles. The summed E-state index contributed by atoms with van der Waals surface area (Å²) in [4.78, 5) is 7.14. The number of hydrogen-bond donors (Lipinski definition) is 2. The van der Waals surface area contributed by atoms with Crippen LogP contribution in [0, 0.1) is 5.41 Å². The summed E-state index contributed by atoms with van der Waals surface area (Å²) in [5, 5.41) is 13.7. The summed E-state index contributed by atoms with van der Waals surface area (Å²) in [6.07, 6.45) is 7.85. The third kappa shape index (κ3) is 4.72. The van der Waals surface area contributed by atoms with E-state index < -0.39 is 5.60 Å². The molecule has 3 fully saturated rings. The van der Waals surface area contributed by atoms with Crippen LogP contribution in [0.25, 0.3) is 0 Å². The van der Waals surface area contributed by atoms with Crippen LogP contribution in [-0.2, 0) is 4.74 Å². The number of nitrogens with zero attached hydrogens (tertiary/aromatic N) is 2. The number of piperidine rings is 1. The molecule has 2 aliphatic heterocycles. The average Bonchev–Trinajstić information content (AvgIpc) is 2.50. The fourth-order valence-corrected chi connectivity index (χ4v) is 4.01. The molecule has 0 amide bonds. The minimum Gasteiger partial charge on any atom is -0.388 e. The van der Waals surface area contributed by atoms with Crippen molar-refractivity contribution in [2.75, 3.05) is 39.4 Å². The Morgan fingerprint density at radius 1 is 1.22 bits per heavy atom. The minimum absolute atomic E-state index is 0. The van der Waals surface area contributed by atoms with Crippen LogP contribution in [-0.4, -0.2) is 61.0 Å². The molecule has 1 unspecified atom stereocenters. The van der Waals surface area contributed by atoms with Gasteiger partial charge in [-0.15, -0.1) is 24.0 Å². The van der Waals surface area contributed by atoms with Crippen LogP contribution in [0.3, 0.4) is 0 Å². The molecule has 0 aromatic carbocycles. The number of aliphatic imine (C=N–C) groups is 1. The van der Waals surface area contributed by atoms with E-state index in [9.17, 15) is 5.11 Å². The van der Waals surface area contributed by atoms with E-state index in [4.69, 9.17) is 9.73 Å². The standard InChI is InChI=1S/C17H31N3O2.HI/c1-2-18-15(19-12-17(21)8-3-9-17)20-10-4-6-16(13-20)7-5-11-22-14-16;/h21H,2-14H2,1H3,(H,18,19);1H. The van der Waals surface area contributed by atoms with E-state index in [1.165, 1.54) is 25.7 Å². The number of nitrogens with one attached hydrogen (secondary N) is 1. The van der Waals surface area contributed by atoms with Crippen molar-refractivity contribution in [1.82, 2.24) is 10.2 Å². The van der Waals surface area contributed by atoms with Crippen LogP contribution in [0.2, 0.25) is 0 Å². The highest BCUT2D eigenvalue weighted by Crippen LogP contribution is 2.37. The van der Waals surface area contributed by atoms with Crippen LogP contribution in [0.5, 0.6) is 0 Å². The van der Waals surface area contributed by atoms with Gasteiger partial charge in [0, 0.05) is 31.7 Å². The molecule has 1 atom stereocenters. The van der Waals surface area contributed by atoms with Gasteiger partial charge in [0.15, 0.2) is 5.96 Å². The van der Waals surface area contributed by atoms with Crippen molar-refractivity contribution >= 4 is 29.9 Å². The van der Waals surface area contributed by atoms with Gasteiger partial charge < -0.3 is 20.1 Å². The number of aliphatic hydroxyl groups is 1. The molecule has 0 radical (unpaired) electrons. The second-order valence-electron chi connectivity index (χ2n) is 7.43. The number of rotatable bonds is 3. The lowest BCUT2D eigenvalue weighted by atomic mass is 9.76. The normalized spacial score (nSPS) is 30.5. The Bertz CT molecular complexity index is 401. The fraction of sp³-hybridized carbons (Fsp3) is 0.941. The molecule has 1 aliphatic carbocycles. The van der Waals surface area contributed by atoms with Crippen LogP contribution in [0.15, 0.2) is 4.99 Å². The van der Waals surface area contributed by atoms with E-state index in [0.717, 1.165) is 58.1 Å². The van der Waals surface area contributed by atoms with E-state index in [-0.39, 0.29) is 24.0 Å². The summed E-state index contributed by atoms with van der Waals surface area (Å²) in [6, 6.07) is 0. The van der Waals surface area contributed by atoms with Gasteiger partial charge in [0.25, 0.3) is 0 Å². The Morgan fingerprint density at radius 2 is 2.00 bits per heavy atom. The molecule has 2 heterocycles. The summed E-state index contributed by atoms with van der Waals surface area (Å²) in [6.45, 7) is 7.43. The van der Waals surface area contributed by atoms with Gasteiger partial charge in [-0.2, -0.15) is 0 Å². The summed E-state index contributed by atoms with van der Waals surface area (Å²) < 4.78 is 5.76. The first-order valence-electron chi connectivity index (χ1n) is 8.98. The summed E-state index contributed by atoms with van der Waals surface area (Å²) in [5.41, 5.74) is -0.220. The highest BCUT2D eigenvalue weighted by atomic mass is 127. The lowest BCUT2D eigenvalue weighted by molar-refractivity contribution is -0.0378. The van der Waals surface area contributed by atoms with Gasteiger partial charge in [0.05, 0.1) is 18.8 Å². The lowest BCUT2D eigenvalue weighted by Crippen LogP contribution is -2.53. The van der Waals surface area contributed by atoms with Gasteiger partial charge in [-0.25, -0.2) is 0 Å². The minimum atomic E-state index is -0.540. The third-order valence-corrected chi connectivity index (χ3v) is 5.51. The highest BCUT2D eigenvalue weighted by molar-refractivity contribution is 14.0. The van der Waals surface area contributed by atoms with Crippen LogP contribution in [0.1, 0.15) is 51.9 Å². The maximum absolute atomic E-state index is 10.3. The van der Waals surface area contributed by atoms with Crippen molar-refractivity contribution in [2.24, 2.45) is 10.4 Å². The average molecular weight is 437 g/mol. The third-order valence-electron chi connectivity index (χ3n) is 5.51. The van der Waals surface area contributed by atoms with Crippen LogP contribution < -0.4 is 5.32 Å². The number of likely N-dealkylation sites (tertiary alicyclic amines) is 1. The van der Waals surface area contributed by atoms with E-state index in [0.29, 0.717) is 12.0 Å². The molecule has 2 saturated heterocycles. The first-order valence-corrected chi connectivity index (χ1v) is 8.98. The molecular weight excluding hydrogens is 405 g/mol. The Labute approximate surface area is 157 Å². The molecule has 134 valence electrons. The van der Waals surface area contributed by atoms with Crippen molar-refractivity contribution in [1.29, 1.82) is 0 Å². The van der Waals surface area contributed by atoms with Crippen molar-refractivity contribution in [3.05, 3.63) is 0 Å². The van der Waals surface area contributed by atoms with Crippen molar-refractivity contribution in [2.45, 2.75) is 57.5 Å². The number of halogens is 1. The van der Waals surface area contributed by atoms with Crippen LogP contribution >= 0.6 is 24.0 Å². The molecule has 0 aromatic rings. The van der Waals surface area contributed by atoms with Gasteiger partial charge in [-0.3, -0.25) is 4.99 Å². The fourth-order valence-electron chi connectivity index (χ4n) is 4.01. The van der Waals surface area contributed by atoms with Crippen molar-refractivity contribution < 1.29 is 9.84 Å². The Hall–Kier alpha value is -0.0800. The first kappa shape index (κ1) is 19.2. The molecular formula is C17H32IN3O2. The Morgan fingerprint density at radius 3 is 2.61 bits per heavy atom. The van der Waals surface area contributed by atoms with Gasteiger partial charge in [-0.1, -0.05) is 0 Å². The van der Waals surface area contributed by atoms with Crippen molar-refractivity contribution in [3.63, 3.8) is 0 Å². The first-order chi connectivity index (χ1) is 10.6. The molecule has 3 rings (SSSR count). The SMILES string of the molecule is CCNC(=NCC1(O)CCC1)N1CCCC2(CCCOC2)C1.I. The van der Waals surface area contributed by atoms with E-state index >= 15 is 0 Å².